The van der Waals surface area contributed by atoms with Gasteiger partial charge in [-0.05, 0) is 43.7 Å². The number of pyridine rings is 1. The van der Waals surface area contributed by atoms with Gasteiger partial charge < -0.3 is 14.6 Å². The second kappa shape index (κ2) is 7.76. The number of benzene rings is 2. The number of nitrogens with one attached hydrogen (secondary N) is 1. The Hall–Kier alpha value is -3.45. The van der Waals surface area contributed by atoms with Crippen LogP contribution in [0.25, 0.3) is 21.8 Å². The van der Waals surface area contributed by atoms with Crippen molar-refractivity contribution in [3.63, 3.8) is 0 Å². The molecule has 1 N–H and O–H groups in total. The summed E-state index contributed by atoms with van der Waals surface area (Å²) in [6, 6.07) is 14.5. The normalized spacial score (nSPS) is 11.0. The molecule has 0 saturated carbocycles. The van der Waals surface area contributed by atoms with Crippen LogP contribution in [0.15, 0.2) is 53.3 Å². The van der Waals surface area contributed by atoms with E-state index < -0.39 is 5.97 Å². The Bertz CT molecular complexity index is 1310. The maximum Gasteiger partial charge on any atom is 0.341 e. The van der Waals surface area contributed by atoms with E-state index in [9.17, 15) is 14.4 Å². The summed E-state index contributed by atoms with van der Waals surface area (Å²) in [7, 11) is 1.32. The highest BCUT2D eigenvalue weighted by atomic mass is 32.1. The Morgan fingerprint density at radius 3 is 2.13 bits per heavy atom. The first-order valence-corrected chi connectivity index (χ1v) is 10.2. The molecule has 0 unspecified atom stereocenters. The van der Waals surface area contributed by atoms with E-state index in [1.165, 1.54) is 18.4 Å². The van der Waals surface area contributed by atoms with E-state index >= 15 is 0 Å². The minimum Gasteiger partial charge on any atom is -0.465 e. The fourth-order valence-corrected chi connectivity index (χ4v) is 4.68. The zero-order valence-corrected chi connectivity index (χ0v) is 17.6. The lowest BCUT2D eigenvalue weighted by molar-refractivity contribution is -0.116. The van der Waals surface area contributed by atoms with Crippen molar-refractivity contribution in [3.05, 3.63) is 74.8 Å². The summed E-state index contributed by atoms with van der Waals surface area (Å²) in [6.45, 7) is 3.72. The van der Waals surface area contributed by atoms with Crippen LogP contribution in [-0.4, -0.2) is 23.6 Å². The van der Waals surface area contributed by atoms with Gasteiger partial charge in [0, 0.05) is 15.6 Å². The standard InChI is InChI=1S/C23H20N2O4S/c1-13-14(2)30-22(20(13)23(28)29-3)24-19(26)12-25-17-10-6-4-8-15(17)21(27)16-9-5-7-11-18(16)25/h4-11H,12H2,1-3H3,(H,24,26). The Morgan fingerprint density at radius 2 is 1.57 bits per heavy atom. The highest BCUT2D eigenvalue weighted by molar-refractivity contribution is 7.16. The summed E-state index contributed by atoms with van der Waals surface area (Å²) in [5.74, 6) is -0.772. The van der Waals surface area contributed by atoms with E-state index in [1.807, 2.05) is 54.8 Å². The van der Waals surface area contributed by atoms with Crippen molar-refractivity contribution in [2.24, 2.45) is 0 Å². The number of carbonyl (C=O) groups is 2. The summed E-state index contributed by atoms with van der Waals surface area (Å²) < 4.78 is 6.70. The molecule has 0 saturated heterocycles. The van der Waals surface area contributed by atoms with Crippen LogP contribution in [0.4, 0.5) is 5.00 Å². The first-order chi connectivity index (χ1) is 14.4. The van der Waals surface area contributed by atoms with Gasteiger partial charge >= 0.3 is 5.97 Å². The van der Waals surface area contributed by atoms with Crippen molar-refractivity contribution in [1.82, 2.24) is 4.57 Å². The highest BCUT2D eigenvalue weighted by Crippen LogP contribution is 2.33. The second-order valence-electron chi connectivity index (χ2n) is 6.98. The number of rotatable bonds is 4. The number of carbonyl (C=O) groups excluding carboxylic acids is 2. The van der Waals surface area contributed by atoms with Gasteiger partial charge in [-0.1, -0.05) is 24.3 Å². The van der Waals surface area contributed by atoms with Gasteiger partial charge in [-0.3, -0.25) is 9.59 Å². The largest absolute Gasteiger partial charge is 0.465 e. The lowest BCUT2D eigenvalue weighted by Gasteiger charge is -2.15. The average Bonchev–Trinajstić information content (AvgIpc) is 3.03. The molecule has 30 heavy (non-hydrogen) atoms. The molecular formula is C23H20N2O4S. The molecule has 0 aliphatic rings. The summed E-state index contributed by atoms with van der Waals surface area (Å²) in [6.07, 6.45) is 0. The van der Waals surface area contributed by atoms with Crippen molar-refractivity contribution in [2.45, 2.75) is 20.4 Å². The third-order valence-corrected chi connectivity index (χ3v) is 6.33. The number of hydrogen-bond donors (Lipinski definition) is 1. The van der Waals surface area contributed by atoms with Crippen LogP contribution < -0.4 is 10.7 Å². The molecule has 2 heterocycles. The molecule has 0 aliphatic heterocycles. The molecule has 4 aromatic rings. The maximum atomic E-state index is 13.0. The van der Waals surface area contributed by atoms with Gasteiger partial charge in [0.15, 0.2) is 5.43 Å². The zero-order chi connectivity index (χ0) is 21.4. The van der Waals surface area contributed by atoms with Crippen molar-refractivity contribution in [2.75, 3.05) is 12.4 Å². The first kappa shape index (κ1) is 19.8. The summed E-state index contributed by atoms with van der Waals surface area (Å²) >= 11 is 1.34. The number of methoxy groups -OCH3 is 1. The molecule has 0 radical (unpaired) electrons. The number of anilines is 1. The smallest absolute Gasteiger partial charge is 0.341 e. The minimum absolute atomic E-state index is 0.00207. The number of amides is 1. The molecule has 0 aliphatic carbocycles. The predicted molar refractivity (Wildman–Crippen MR) is 119 cm³/mol. The quantitative estimate of drug-likeness (QED) is 0.395. The van der Waals surface area contributed by atoms with Crippen LogP contribution in [0.3, 0.4) is 0 Å². The molecule has 1 amide bonds. The van der Waals surface area contributed by atoms with E-state index in [1.54, 1.807) is 12.1 Å². The molecule has 0 fully saturated rings. The van der Waals surface area contributed by atoms with Gasteiger partial charge in [0.1, 0.15) is 11.5 Å². The van der Waals surface area contributed by atoms with Gasteiger partial charge in [-0.15, -0.1) is 11.3 Å². The maximum absolute atomic E-state index is 13.0. The Labute approximate surface area is 176 Å². The summed E-state index contributed by atoms with van der Waals surface area (Å²) in [4.78, 5) is 39.0. The number of esters is 1. The van der Waals surface area contributed by atoms with E-state index in [0.29, 0.717) is 32.4 Å². The first-order valence-electron chi connectivity index (χ1n) is 9.40. The molecule has 2 aromatic heterocycles. The van der Waals surface area contributed by atoms with Gasteiger partial charge in [-0.2, -0.15) is 0 Å². The molecule has 2 aromatic carbocycles. The Kier molecular flexibility index (Phi) is 5.13. The lowest BCUT2D eigenvalue weighted by Crippen LogP contribution is -2.22. The van der Waals surface area contributed by atoms with Crippen LogP contribution in [-0.2, 0) is 16.1 Å². The molecule has 7 heteroatoms. The van der Waals surface area contributed by atoms with Gasteiger partial charge in [0.2, 0.25) is 5.91 Å². The van der Waals surface area contributed by atoms with Crippen molar-refractivity contribution < 1.29 is 14.3 Å². The van der Waals surface area contributed by atoms with Crippen LogP contribution in [0.5, 0.6) is 0 Å². The number of fused-ring (bicyclic) bond motifs is 2. The Balaban J connectivity index is 1.78. The van der Waals surface area contributed by atoms with Crippen LogP contribution in [0.1, 0.15) is 20.8 Å². The summed E-state index contributed by atoms with van der Waals surface area (Å²) in [5.41, 5.74) is 2.48. The van der Waals surface area contributed by atoms with E-state index in [-0.39, 0.29) is 17.9 Å². The number of thiophene rings is 1. The number of hydrogen-bond acceptors (Lipinski definition) is 5. The predicted octanol–water partition coefficient (Wildman–Crippen LogP) is 4.26. The number of para-hydroxylation sites is 2. The number of ether oxygens (including phenoxy) is 1. The number of aromatic nitrogens is 1. The SMILES string of the molecule is COC(=O)c1c(NC(=O)Cn2c3ccccc3c(=O)c3ccccc32)sc(C)c1C. The van der Waals surface area contributed by atoms with Crippen molar-refractivity contribution >= 4 is 50.0 Å². The van der Waals surface area contributed by atoms with Crippen LogP contribution in [0.2, 0.25) is 0 Å². The van der Waals surface area contributed by atoms with Crippen LogP contribution >= 0.6 is 11.3 Å². The van der Waals surface area contributed by atoms with E-state index in [4.69, 9.17) is 4.74 Å². The molecule has 0 atom stereocenters. The fourth-order valence-electron chi connectivity index (χ4n) is 3.62. The van der Waals surface area contributed by atoms with Gasteiger partial charge in [0.05, 0.1) is 23.7 Å². The van der Waals surface area contributed by atoms with E-state index in [0.717, 1.165) is 10.4 Å². The van der Waals surface area contributed by atoms with Gasteiger partial charge in [-0.25, -0.2) is 4.79 Å². The third kappa shape index (κ3) is 3.27. The van der Waals surface area contributed by atoms with E-state index in [2.05, 4.69) is 5.32 Å². The Morgan fingerprint density at radius 1 is 1.00 bits per heavy atom. The van der Waals surface area contributed by atoms with Crippen LogP contribution in [0, 0.1) is 13.8 Å². The molecule has 6 nitrogen and oxygen atoms in total. The zero-order valence-electron chi connectivity index (χ0n) is 16.8. The molecule has 0 spiro atoms. The average molecular weight is 420 g/mol. The minimum atomic E-state index is -0.480. The monoisotopic (exact) mass is 420 g/mol. The fraction of sp³-hybridized carbons (Fsp3) is 0.174. The highest BCUT2D eigenvalue weighted by Gasteiger charge is 2.22. The molecule has 4 rings (SSSR count). The third-order valence-electron chi connectivity index (χ3n) is 5.21. The number of aryl methyl sites for hydroxylation is 1. The molecule has 0 bridgehead atoms. The van der Waals surface area contributed by atoms with Crippen molar-refractivity contribution in [1.29, 1.82) is 0 Å². The number of nitrogens with zero attached hydrogens (tertiary/aromatic N) is 1. The van der Waals surface area contributed by atoms with Gasteiger partial charge in [0.25, 0.3) is 0 Å². The lowest BCUT2D eigenvalue weighted by atomic mass is 10.1. The summed E-state index contributed by atoms with van der Waals surface area (Å²) in [5, 5.41) is 4.44. The topological polar surface area (TPSA) is 77.4 Å². The molecular weight excluding hydrogens is 400 g/mol. The second-order valence-corrected chi connectivity index (χ2v) is 8.20. The van der Waals surface area contributed by atoms with Crippen molar-refractivity contribution in [3.8, 4) is 0 Å². The molecule has 152 valence electrons.